The maximum Gasteiger partial charge on any atom is 0.246 e. The number of rotatable bonds is 4. The first-order valence-electron chi connectivity index (χ1n) is 8.47. The van der Waals surface area contributed by atoms with Crippen molar-refractivity contribution in [3.63, 3.8) is 0 Å². The molecule has 1 N–H and O–H groups in total. The molecule has 2 aromatic rings. The van der Waals surface area contributed by atoms with E-state index in [1.807, 2.05) is 29.2 Å². The number of hydrogen-bond donors (Lipinski definition) is 1. The lowest BCUT2D eigenvalue weighted by molar-refractivity contribution is -0.124. The third-order valence-corrected chi connectivity index (χ3v) is 4.48. The van der Waals surface area contributed by atoms with Crippen LogP contribution in [0.25, 0.3) is 6.08 Å². The first-order valence-corrected chi connectivity index (χ1v) is 8.47. The summed E-state index contributed by atoms with van der Waals surface area (Å²) in [4.78, 5) is 14.3. The van der Waals surface area contributed by atoms with Gasteiger partial charge in [-0.15, -0.1) is 0 Å². The Hall–Kier alpha value is -2.55. The van der Waals surface area contributed by atoms with Gasteiger partial charge in [0.05, 0.1) is 0 Å². The third kappa shape index (κ3) is 4.05. The van der Waals surface area contributed by atoms with Crippen LogP contribution in [0.1, 0.15) is 23.1 Å². The molecule has 0 aliphatic carbocycles. The molecule has 1 aliphatic rings. The number of hydrogen-bond acceptors (Lipinski definition) is 2. The molecular formula is C21H24N2O. The Bertz CT molecular complexity index is 737. The van der Waals surface area contributed by atoms with E-state index in [1.54, 1.807) is 6.08 Å². The summed E-state index contributed by atoms with van der Waals surface area (Å²) in [6.45, 7) is 5.72. The van der Waals surface area contributed by atoms with Crippen molar-refractivity contribution >= 4 is 17.7 Å². The van der Waals surface area contributed by atoms with Crippen molar-refractivity contribution in [2.24, 2.45) is 0 Å². The molecule has 1 amide bonds. The highest BCUT2D eigenvalue weighted by atomic mass is 16.2. The van der Waals surface area contributed by atoms with E-state index in [0.717, 1.165) is 30.8 Å². The summed E-state index contributed by atoms with van der Waals surface area (Å²) in [5.74, 6) is 0.0901. The van der Waals surface area contributed by atoms with E-state index in [0.29, 0.717) is 6.04 Å². The van der Waals surface area contributed by atoms with Crippen molar-refractivity contribution < 1.29 is 4.79 Å². The Morgan fingerprint density at radius 2 is 1.96 bits per heavy atom. The van der Waals surface area contributed by atoms with Gasteiger partial charge < -0.3 is 10.2 Å². The maximum absolute atomic E-state index is 12.4. The Morgan fingerprint density at radius 3 is 2.71 bits per heavy atom. The number of carbonyl (C=O) groups is 1. The Balaban J connectivity index is 1.57. The summed E-state index contributed by atoms with van der Waals surface area (Å²) >= 11 is 0. The SMILES string of the molecule is Cc1ccc(/C=C/C(=O)N2CCC(Nc3ccccc3)C2)c(C)c1. The van der Waals surface area contributed by atoms with Crippen LogP contribution in [0.2, 0.25) is 0 Å². The van der Waals surface area contributed by atoms with E-state index < -0.39 is 0 Å². The summed E-state index contributed by atoms with van der Waals surface area (Å²) in [5, 5.41) is 3.50. The van der Waals surface area contributed by atoms with Crippen LogP contribution in [-0.4, -0.2) is 29.9 Å². The number of nitrogens with zero attached hydrogens (tertiary/aromatic N) is 1. The highest BCUT2D eigenvalue weighted by Gasteiger charge is 2.24. The molecule has 3 nitrogen and oxygen atoms in total. The lowest BCUT2D eigenvalue weighted by Gasteiger charge is -2.16. The molecule has 1 saturated heterocycles. The minimum Gasteiger partial charge on any atom is -0.380 e. The molecule has 0 spiro atoms. The van der Waals surface area contributed by atoms with Crippen LogP contribution in [0.15, 0.2) is 54.6 Å². The second-order valence-electron chi connectivity index (χ2n) is 6.47. The molecule has 0 saturated carbocycles. The van der Waals surface area contributed by atoms with Crippen molar-refractivity contribution in [3.8, 4) is 0 Å². The van der Waals surface area contributed by atoms with Crippen LogP contribution < -0.4 is 5.32 Å². The van der Waals surface area contributed by atoms with Gasteiger partial charge in [0, 0.05) is 30.9 Å². The largest absolute Gasteiger partial charge is 0.380 e. The zero-order valence-corrected chi connectivity index (χ0v) is 14.3. The fourth-order valence-corrected chi connectivity index (χ4v) is 3.13. The van der Waals surface area contributed by atoms with E-state index >= 15 is 0 Å². The number of para-hydroxylation sites is 1. The van der Waals surface area contributed by atoms with Gasteiger partial charge in [0.25, 0.3) is 0 Å². The predicted octanol–water partition coefficient (Wildman–Crippen LogP) is 4.03. The number of likely N-dealkylation sites (tertiary alicyclic amines) is 1. The monoisotopic (exact) mass is 320 g/mol. The highest BCUT2D eigenvalue weighted by molar-refractivity contribution is 5.92. The summed E-state index contributed by atoms with van der Waals surface area (Å²) in [6.07, 6.45) is 4.61. The van der Waals surface area contributed by atoms with Gasteiger partial charge in [0.1, 0.15) is 0 Å². The standard InChI is InChI=1S/C21H24N2O/c1-16-8-9-18(17(2)14-16)10-11-21(24)23-13-12-20(15-23)22-19-6-4-3-5-7-19/h3-11,14,20,22H,12-13,15H2,1-2H3/b11-10+. The van der Waals surface area contributed by atoms with Gasteiger partial charge in [-0.25, -0.2) is 0 Å². The molecule has 0 bridgehead atoms. The average Bonchev–Trinajstić information content (AvgIpc) is 3.03. The van der Waals surface area contributed by atoms with E-state index in [1.165, 1.54) is 11.1 Å². The number of nitrogens with one attached hydrogen (secondary N) is 1. The summed E-state index contributed by atoms with van der Waals surface area (Å²) in [7, 11) is 0. The van der Waals surface area contributed by atoms with Crippen LogP contribution in [0.5, 0.6) is 0 Å². The molecular weight excluding hydrogens is 296 g/mol. The van der Waals surface area contributed by atoms with E-state index in [-0.39, 0.29) is 5.91 Å². The molecule has 2 aromatic carbocycles. The van der Waals surface area contributed by atoms with E-state index in [2.05, 4.69) is 49.5 Å². The zero-order chi connectivity index (χ0) is 16.9. The van der Waals surface area contributed by atoms with Gasteiger partial charge in [-0.3, -0.25) is 4.79 Å². The average molecular weight is 320 g/mol. The summed E-state index contributed by atoms with van der Waals surface area (Å²) < 4.78 is 0. The van der Waals surface area contributed by atoms with Crippen LogP contribution in [0.3, 0.4) is 0 Å². The number of anilines is 1. The molecule has 1 heterocycles. The molecule has 3 rings (SSSR count). The second kappa shape index (κ2) is 7.35. The normalized spacial score (nSPS) is 17.4. The Kier molecular flexibility index (Phi) is 4.99. The highest BCUT2D eigenvalue weighted by Crippen LogP contribution is 2.17. The molecule has 3 heteroatoms. The number of aryl methyl sites for hydroxylation is 2. The Labute approximate surface area is 144 Å². The quantitative estimate of drug-likeness (QED) is 0.863. The minimum absolute atomic E-state index is 0.0901. The minimum atomic E-state index is 0.0901. The van der Waals surface area contributed by atoms with E-state index in [4.69, 9.17) is 0 Å². The fourth-order valence-electron chi connectivity index (χ4n) is 3.13. The first-order chi connectivity index (χ1) is 11.6. The van der Waals surface area contributed by atoms with Gasteiger partial charge in [-0.1, -0.05) is 42.0 Å². The van der Waals surface area contributed by atoms with Crippen molar-refractivity contribution in [2.75, 3.05) is 18.4 Å². The van der Waals surface area contributed by atoms with Crippen molar-refractivity contribution in [2.45, 2.75) is 26.3 Å². The van der Waals surface area contributed by atoms with Gasteiger partial charge in [-0.2, -0.15) is 0 Å². The molecule has 24 heavy (non-hydrogen) atoms. The molecule has 0 radical (unpaired) electrons. The zero-order valence-electron chi connectivity index (χ0n) is 14.3. The fraction of sp³-hybridized carbons (Fsp3) is 0.286. The topological polar surface area (TPSA) is 32.3 Å². The van der Waals surface area contributed by atoms with Gasteiger partial charge in [0.2, 0.25) is 5.91 Å². The maximum atomic E-state index is 12.4. The van der Waals surface area contributed by atoms with E-state index in [9.17, 15) is 4.79 Å². The van der Waals surface area contributed by atoms with Crippen LogP contribution in [0, 0.1) is 13.8 Å². The second-order valence-corrected chi connectivity index (χ2v) is 6.47. The van der Waals surface area contributed by atoms with Gasteiger partial charge in [-0.05, 0) is 49.6 Å². The first kappa shape index (κ1) is 16.3. The number of carbonyl (C=O) groups excluding carboxylic acids is 1. The molecule has 1 atom stereocenters. The molecule has 1 fully saturated rings. The lowest BCUT2D eigenvalue weighted by Crippen LogP contribution is -2.30. The van der Waals surface area contributed by atoms with Crippen LogP contribution in [0.4, 0.5) is 5.69 Å². The van der Waals surface area contributed by atoms with Gasteiger partial charge in [0.15, 0.2) is 0 Å². The lowest BCUT2D eigenvalue weighted by atomic mass is 10.1. The summed E-state index contributed by atoms with van der Waals surface area (Å²) in [6, 6.07) is 16.8. The third-order valence-electron chi connectivity index (χ3n) is 4.48. The Morgan fingerprint density at radius 1 is 1.17 bits per heavy atom. The van der Waals surface area contributed by atoms with Crippen molar-refractivity contribution in [1.29, 1.82) is 0 Å². The van der Waals surface area contributed by atoms with Crippen LogP contribution >= 0.6 is 0 Å². The molecule has 1 unspecified atom stereocenters. The molecule has 0 aromatic heterocycles. The number of benzene rings is 2. The van der Waals surface area contributed by atoms with Gasteiger partial charge >= 0.3 is 0 Å². The van der Waals surface area contributed by atoms with Crippen molar-refractivity contribution in [3.05, 3.63) is 71.3 Å². The van der Waals surface area contributed by atoms with Crippen LogP contribution in [-0.2, 0) is 4.79 Å². The smallest absolute Gasteiger partial charge is 0.246 e. The van der Waals surface area contributed by atoms with Crippen molar-refractivity contribution in [1.82, 2.24) is 4.90 Å². The number of amides is 1. The molecule has 1 aliphatic heterocycles. The summed E-state index contributed by atoms with van der Waals surface area (Å²) in [5.41, 5.74) is 4.66. The molecule has 124 valence electrons. The predicted molar refractivity (Wildman–Crippen MR) is 100.0 cm³/mol.